The fourth-order valence-corrected chi connectivity index (χ4v) is 0.532. The maximum Gasteiger partial charge on any atom is 0.0357 e. The molecule has 0 saturated carbocycles. The fourth-order valence-electron chi connectivity index (χ4n) is 0.532. The summed E-state index contributed by atoms with van der Waals surface area (Å²) >= 11 is 0. The molecule has 0 saturated heterocycles. The predicted molar refractivity (Wildman–Crippen MR) is 51.5 cm³/mol. The molecule has 60 valence electrons. The van der Waals surface area contributed by atoms with Gasteiger partial charge < -0.3 is 0 Å². The summed E-state index contributed by atoms with van der Waals surface area (Å²) in [5.74, 6) is 0. The standard InChI is InChI=1S/C9H14N2/c1-3-11-9-7-5-4-6-8-10-2/h4-6,8-9H,2-3,7H2,1H3/b5-4-,8-6+,11-9?. The molecule has 11 heavy (non-hydrogen) atoms. The summed E-state index contributed by atoms with van der Waals surface area (Å²) in [5, 5.41) is 0. The Bertz CT molecular complexity index is 166. The minimum atomic E-state index is 0.859. The molecule has 0 fully saturated rings. The molecule has 0 bridgehead atoms. The van der Waals surface area contributed by atoms with Crippen molar-refractivity contribution in [3.63, 3.8) is 0 Å². The van der Waals surface area contributed by atoms with Gasteiger partial charge in [-0.3, -0.25) is 9.98 Å². The first-order chi connectivity index (χ1) is 5.41. The van der Waals surface area contributed by atoms with Gasteiger partial charge >= 0.3 is 0 Å². The maximum absolute atomic E-state index is 4.05. The third-order valence-corrected chi connectivity index (χ3v) is 0.992. The van der Waals surface area contributed by atoms with Crippen molar-refractivity contribution in [2.45, 2.75) is 13.3 Å². The molecule has 0 aliphatic carbocycles. The van der Waals surface area contributed by atoms with Gasteiger partial charge in [-0.2, -0.15) is 0 Å². The van der Waals surface area contributed by atoms with E-state index in [0.29, 0.717) is 0 Å². The SMILES string of the molecule is C=N/C=C/C=C\CC=NCC. The molecule has 0 rings (SSSR count). The zero-order chi connectivity index (χ0) is 8.36. The van der Waals surface area contributed by atoms with Crippen LogP contribution < -0.4 is 0 Å². The van der Waals surface area contributed by atoms with Gasteiger partial charge in [0.2, 0.25) is 0 Å². The first-order valence-corrected chi connectivity index (χ1v) is 3.67. The second-order valence-corrected chi connectivity index (χ2v) is 1.87. The molecule has 0 amide bonds. The maximum atomic E-state index is 4.05. The first-order valence-electron chi connectivity index (χ1n) is 3.67. The lowest BCUT2D eigenvalue weighted by molar-refractivity contribution is 1.13. The van der Waals surface area contributed by atoms with Gasteiger partial charge in [0.1, 0.15) is 0 Å². The summed E-state index contributed by atoms with van der Waals surface area (Å²) in [6.07, 6.45) is 10.2. The Hall–Kier alpha value is -1.18. The molecule has 0 N–H and O–H groups in total. The second-order valence-electron chi connectivity index (χ2n) is 1.87. The van der Waals surface area contributed by atoms with E-state index < -0.39 is 0 Å². The van der Waals surface area contributed by atoms with Crippen molar-refractivity contribution in [1.29, 1.82) is 0 Å². The molecule has 0 aliphatic heterocycles. The molecular weight excluding hydrogens is 136 g/mol. The zero-order valence-electron chi connectivity index (χ0n) is 6.90. The van der Waals surface area contributed by atoms with Gasteiger partial charge in [-0.05, 0) is 19.7 Å². The van der Waals surface area contributed by atoms with Crippen molar-refractivity contribution in [2.24, 2.45) is 9.98 Å². The number of hydrogen-bond donors (Lipinski definition) is 0. The van der Waals surface area contributed by atoms with E-state index in [4.69, 9.17) is 0 Å². The fraction of sp³-hybridized carbons (Fsp3) is 0.333. The summed E-state index contributed by atoms with van der Waals surface area (Å²) in [6.45, 7) is 6.19. The minimum absolute atomic E-state index is 0.859. The Kier molecular flexibility index (Phi) is 7.87. The van der Waals surface area contributed by atoms with E-state index in [0.717, 1.165) is 13.0 Å². The lowest BCUT2D eigenvalue weighted by Crippen LogP contribution is -1.71. The van der Waals surface area contributed by atoms with Crippen LogP contribution in [0.4, 0.5) is 0 Å². The van der Waals surface area contributed by atoms with Gasteiger partial charge in [-0.25, -0.2) is 0 Å². The lowest BCUT2D eigenvalue weighted by Gasteiger charge is -1.79. The summed E-state index contributed by atoms with van der Waals surface area (Å²) in [4.78, 5) is 7.61. The van der Waals surface area contributed by atoms with Crippen molar-refractivity contribution < 1.29 is 0 Å². The Morgan fingerprint density at radius 1 is 1.36 bits per heavy atom. The van der Waals surface area contributed by atoms with Crippen molar-refractivity contribution in [3.05, 3.63) is 24.4 Å². The number of hydrogen-bond acceptors (Lipinski definition) is 2. The highest BCUT2D eigenvalue weighted by atomic mass is 14.7. The summed E-state index contributed by atoms with van der Waals surface area (Å²) < 4.78 is 0. The van der Waals surface area contributed by atoms with Gasteiger partial charge in [0.15, 0.2) is 0 Å². The van der Waals surface area contributed by atoms with E-state index in [2.05, 4.69) is 16.7 Å². The highest BCUT2D eigenvalue weighted by Gasteiger charge is 1.68. The normalized spacial score (nSPS) is 12.1. The van der Waals surface area contributed by atoms with Crippen LogP contribution in [0.5, 0.6) is 0 Å². The van der Waals surface area contributed by atoms with Gasteiger partial charge in [0.05, 0.1) is 0 Å². The van der Waals surface area contributed by atoms with E-state index in [9.17, 15) is 0 Å². The van der Waals surface area contributed by atoms with Crippen molar-refractivity contribution in [1.82, 2.24) is 0 Å². The van der Waals surface area contributed by atoms with E-state index in [1.807, 2.05) is 31.4 Å². The minimum Gasteiger partial charge on any atom is -0.297 e. The van der Waals surface area contributed by atoms with Crippen LogP contribution in [0.25, 0.3) is 0 Å². The number of allylic oxidation sites excluding steroid dienone is 3. The molecular formula is C9H14N2. The molecule has 0 spiro atoms. The molecule has 0 radical (unpaired) electrons. The van der Waals surface area contributed by atoms with Crippen LogP contribution in [-0.4, -0.2) is 19.5 Å². The van der Waals surface area contributed by atoms with Crippen LogP contribution in [-0.2, 0) is 0 Å². The number of rotatable bonds is 5. The smallest absolute Gasteiger partial charge is 0.0357 e. The molecule has 0 aliphatic rings. The molecule has 0 aromatic heterocycles. The van der Waals surface area contributed by atoms with Gasteiger partial charge in [-0.1, -0.05) is 12.2 Å². The average molecular weight is 150 g/mol. The molecule has 0 heterocycles. The highest BCUT2D eigenvalue weighted by Crippen LogP contribution is 1.81. The highest BCUT2D eigenvalue weighted by molar-refractivity contribution is 5.59. The van der Waals surface area contributed by atoms with Gasteiger partial charge in [0.25, 0.3) is 0 Å². The Labute approximate surface area is 68.1 Å². The second kappa shape index (κ2) is 8.82. The summed E-state index contributed by atoms with van der Waals surface area (Å²) in [7, 11) is 0. The van der Waals surface area contributed by atoms with Gasteiger partial charge in [0, 0.05) is 25.4 Å². The summed E-state index contributed by atoms with van der Waals surface area (Å²) in [5.41, 5.74) is 0. The third kappa shape index (κ3) is 8.82. The molecule has 0 aromatic carbocycles. The van der Waals surface area contributed by atoms with E-state index in [1.54, 1.807) is 6.20 Å². The topological polar surface area (TPSA) is 24.7 Å². The van der Waals surface area contributed by atoms with Crippen LogP contribution in [0.1, 0.15) is 13.3 Å². The molecule has 0 unspecified atom stereocenters. The Balaban J connectivity index is 3.36. The van der Waals surface area contributed by atoms with E-state index in [-0.39, 0.29) is 0 Å². The van der Waals surface area contributed by atoms with Crippen LogP contribution in [0, 0.1) is 0 Å². The zero-order valence-corrected chi connectivity index (χ0v) is 6.90. The van der Waals surface area contributed by atoms with Crippen molar-refractivity contribution in [3.8, 4) is 0 Å². The van der Waals surface area contributed by atoms with Crippen LogP contribution >= 0.6 is 0 Å². The lowest BCUT2D eigenvalue weighted by atomic mass is 10.4. The summed E-state index contributed by atoms with van der Waals surface area (Å²) in [6, 6.07) is 0. The largest absolute Gasteiger partial charge is 0.297 e. The first kappa shape index (κ1) is 9.82. The van der Waals surface area contributed by atoms with Crippen molar-refractivity contribution >= 4 is 12.9 Å². The van der Waals surface area contributed by atoms with Gasteiger partial charge in [-0.15, -0.1) is 0 Å². The number of aliphatic imine (C=N–C) groups is 2. The Morgan fingerprint density at radius 2 is 2.18 bits per heavy atom. The molecule has 2 heteroatoms. The Morgan fingerprint density at radius 3 is 2.82 bits per heavy atom. The number of nitrogens with zero attached hydrogens (tertiary/aromatic N) is 2. The van der Waals surface area contributed by atoms with Crippen LogP contribution in [0.3, 0.4) is 0 Å². The van der Waals surface area contributed by atoms with Crippen LogP contribution in [0.15, 0.2) is 34.4 Å². The average Bonchev–Trinajstić information content (AvgIpc) is 2.03. The predicted octanol–water partition coefficient (Wildman–Crippen LogP) is 2.24. The van der Waals surface area contributed by atoms with Crippen LogP contribution in [0.2, 0.25) is 0 Å². The molecule has 0 atom stereocenters. The third-order valence-electron chi connectivity index (χ3n) is 0.992. The monoisotopic (exact) mass is 150 g/mol. The van der Waals surface area contributed by atoms with Crippen molar-refractivity contribution in [2.75, 3.05) is 6.54 Å². The van der Waals surface area contributed by atoms with E-state index in [1.165, 1.54) is 0 Å². The molecule has 2 nitrogen and oxygen atoms in total. The quantitative estimate of drug-likeness (QED) is 0.424. The molecule has 0 aromatic rings. The van der Waals surface area contributed by atoms with E-state index >= 15 is 0 Å².